The Balaban J connectivity index is 1.83. The van der Waals surface area contributed by atoms with E-state index in [1.54, 1.807) is 37.3 Å². The molecule has 0 unspecified atom stereocenters. The summed E-state index contributed by atoms with van der Waals surface area (Å²) in [5.74, 6) is -1.06. The summed E-state index contributed by atoms with van der Waals surface area (Å²) in [5.41, 5.74) is -0.685. The molecule has 2 amide bonds. The van der Waals surface area contributed by atoms with Gasteiger partial charge in [-0.2, -0.15) is 13.2 Å². The van der Waals surface area contributed by atoms with Crippen molar-refractivity contribution < 1.29 is 27.2 Å². The van der Waals surface area contributed by atoms with Crippen molar-refractivity contribution in [3.05, 3.63) is 93.6 Å². The smallest absolute Gasteiger partial charge is 0.416 e. The van der Waals surface area contributed by atoms with Gasteiger partial charge in [0.25, 0.3) is 5.91 Å². The Labute approximate surface area is 197 Å². The quantitative estimate of drug-likeness (QED) is 0.375. The van der Waals surface area contributed by atoms with E-state index in [9.17, 15) is 27.6 Å². The van der Waals surface area contributed by atoms with Crippen molar-refractivity contribution in [2.75, 3.05) is 10.6 Å². The lowest BCUT2D eigenvalue weighted by atomic mass is 10.0. The molecule has 6 nitrogen and oxygen atoms in total. The zero-order valence-electron chi connectivity index (χ0n) is 18.6. The summed E-state index contributed by atoms with van der Waals surface area (Å²) >= 11 is 0. The summed E-state index contributed by atoms with van der Waals surface area (Å²) < 4.78 is 45.8. The van der Waals surface area contributed by atoms with Crippen LogP contribution in [0.2, 0.25) is 0 Å². The second-order valence-corrected chi connectivity index (χ2v) is 7.83. The molecule has 0 saturated heterocycles. The predicted octanol–water partition coefficient (Wildman–Crippen LogP) is 6.00. The summed E-state index contributed by atoms with van der Waals surface area (Å²) in [5, 5.41) is 4.97. The molecule has 2 N–H and O–H groups in total. The van der Waals surface area contributed by atoms with Crippen LogP contribution in [-0.4, -0.2) is 11.8 Å². The highest BCUT2D eigenvalue weighted by Crippen LogP contribution is 2.35. The number of hydrogen-bond donors (Lipinski definition) is 2. The minimum atomic E-state index is -4.66. The molecule has 0 saturated carbocycles. The number of anilines is 2. The van der Waals surface area contributed by atoms with Crippen LogP contribution >= 0.6 is 0 Å². The zero-order valence-corrected chi connectivity index (χ0v) is 18.6. The lowest BCUT2D eigenvalue weighted by molar-refractivity contribution is -0.137. The van der Waals surface area contributed by atoms with E-state index in [1.165, 1.54) is 25.1 Å². The minimum absolute atomic E-state index is 0.00694. The molecule has 1 heterocycles. The van der Waals surface area contributed by atoms with E-state index >= 15 is 0 Å². The summed E-state index contributed by atoms with van der Waals surface area (Å²) in [6.07, 6.45) is -4.66. The molecule has 0 atom stereocenters. The van der Waals surface area contributed by atoms with Crippen LogP contribution in [0.25, 0.3) is 22.3 Å². The first kappa shape index (κ1) is 23.7. The SMILES string of the molecule is CC(=O)Nc1ccc(C(F)(F)F)cc1NC(=O)c1cccc2c(=O)c(C)c(-c3ccccc3)oc12. The number of halogens is 3. The van der Waals surface area contributed by atoms with Crippen LogP contribution in [0.3, 0.4) is 0 Å². The normalized spacial score (nSPS) is 11.3. The van der Waals surface area contributed by atoms with Crippen LogP contribution in [0, 0.1) is 6.92 Å². The van der Waals surface area contributed by atoms with Gasteiger partial charge in [0.2, 0.25) is 5.91 Å². The molecule has 0 aliphatic rings. The molecule has 0 fully saturated rings. The number of hydrogen-bond acceptors (Lipinski definition) is 4. The number of rotatable bonds is 4. The molecule has 4 rings (SSSR count). The maximum atomic E-state index is 13.3. The Morgan fingerprint density at radius 2 is 1.60 bits per heavy atom. The molecule has 0 spiro atoms. The van der Waals surface area contributed by atoms with Crippen molar-refractivity contribution >= 4 is 34.2 Å². The Morgan fingerprint density at radius 1 is 0.886 bits per heavy atom. The van der Waals surface area contributed by atoms with Gasteiger partial charge in [0, 0.05) is 18.1 Å². The van der Waals surface area contributed by atoms with Crippen molar-refractivity contribution in [1.29, 1.82) is 0 Å². The standard InChI is InChI=1S/C26H19F3N2O4/c1-14-22(33)18-9-6-10-19(24(18)35-23(14)16-7-4-3-5-8-16)25(34)31-21-13-17(26(27,28)29)11-12-20(21)30-15(2)32/h3-13H,1-2H3,(H,30,32)(H,31,34). The second-order valence-electron chi connectivity index (χ2n) is 7.83. The number of carbonyl (C=O) groups excluding carboxylic acids is 2. The van der Waals surface area contributed by atoms with E-state index in [4.69, 9.17) is 4.42 Å². The molecular weight excluding hydrogens is 461 g/mol. The molecule has 178 valence electrons. The van der Waals surface area contributed by atoms with E-state index in [2.05, 4.69) is 10.6 Å². The molecule has 9 heteroatoms. The largest absolute Gasteiger partial charge is 0.455 e. The highest BCUT2D eigenvalue weighted by molar-refractivity contribution is 6.13. The number of amides is 2. The van der Waals surface area contributed by atoms with Crippen LogP contribution < -0.4 is 16.1 Å². The van der Waals surface area contributed by atoms with Crippen LogP contribution in [0.1, 0.15) is 28.4 Å². The molecule has 3 aromatic carbocycles. The van der Waals surface area contributed by atoms with E-state index in [0.717, 1.165) is 18.2 Å². The van der Waals surface area contributed by atoms with E-state index in [0.29, 0.717) is 11.1 Å². The third kappa shape index (κ3) is 4.79. The first-order chi connectivity index (χ1) is 16.6. The highest BCUT2D eigenvalue weighted by atomic mass is 19.4. The molecule has 1 aromatic heterocycles. The topological polar surface area (TPSA) is 88.4 Å². The van der Waals surface area contributed by atoms with Gasteiger partial charge in [0.1, 0.15) is 5.76 Å². The lowest BCUT2D eigenvalue weighted by Gasteiger charge is -2.15. The van der Waals surface area contributed by atoms with Crippen LogP contribution in [-0.2, 0) is 11.0 Å². The zero-order chi connectivity index (χ0) is 25.3. The van der Waals surface area contributed by atoms with Gasteiger partial charge < -0.3 is 15.1 Å². The summed E-state index contributed by atoms with van der Waals surface area (Å²) in [6.45, 7) is 2.80. The van der Waals surface area contributed by atoms with Gasteiger partial charge in [-0.1, -0.05) is 36.4 Å². The van der Waals surface area contributed by atoms with Crippen LogP contribution in [0.4, 0.5) is 24.5 Å². The van der Waals surface area contributed by atoms with Crippen molar-refractivity contribution in [2.45, 2.75) is 20.0 Å². The van der Waals surface area contributed by atoms with Gasteiger partial charge in [-0.25, -0.2) is 0 Å². The lowest BCUT2D eigenvalue weighted by Crippen LogP contribution is -2.18. The van der Waals surface area contributed by atoms with Crippen LogP contribution in [0.5, 0.6) is 0 Å². The second kappa shape index (κ2) is 9.09. The van der Waals surface area contributed by atoms with Gasteiger partial charge in [-0.15, -0.1) is 0 Å². The summed E-state index contributed by atoms with van der Waals surface area (Å²) in [7, 11) is 0. The molecular formula is C26H19F3N2O4. The van der Waals surface area contributed by atoms with Crippen molar-refractivity contribution in [1.82, 2.24) is 0 Å². The van der Waals surface area contributed by atoms with E-state index in [-0.39, 0.29) is 39.1 Å². The Morgan fingerprint density at radius 3 is 2.26 bits per heavy atom. The third-order valence-corrected chi connectivity index (χ3v) is 5.33. The first-order valence-corrected chi connectivity index (χ1v) is 10.5. The number of para-hydroxylation sites is 1. The molecule has 4 aromatic rings. The Hall–Kier alpha value is -4.40. The number of fused-ring (bicyclic) bond motifs is 1. The van der Waals surface area contributed by atoms with Crippen molar-refractivity contribution in [3.8, 4) is 11.3 Å². The predicted molar refractivity (Wildman–Crippen MR) is 126 cm³/mol. The van der Waals surface area contributed by atoms with E-state index < -0.39 is 23.6 Å². The van der Waals surface area contributed by atoms with Gasteiger partial charge >= 0.3 is 6.18 Å². The maximum Gasteiger partial charge on any atom is 0.416 e. The average molecular weight is 480 g/mol. The third-order valence-electron chi connectivity index (χ3n) is 5.33. The minimum Gasteiger partial charge on any atom is -0.455 e. The van der Waals surface area contributed by atoms with Crippen LogP contribution in [0.15, 0.2) is 75.9 Å². The average Bonchev–Trinajstić information content (AvgIpc) is 2.81. The fourth-order valence-corrected chi connectivity index (χ4v) is 3.67. The van der Waals surface area contributed by atoms with E-state index in [1.807, 2.05) is 0 Å². The van der Waals surface area contributed by atoms with Gasteiger partial charge in [-0.3, -0.25) is 14.4 Å². The number of nitrogens with one attached hydrogen (secondary N) is 2. The number of carbonyl (C=O) groups is 2. The molecule has 0 bridgehead atoms. The Kier molecular flexibility index (Phi) is 6.17. The number of benzene rings is 3. The van der Waals surface area contributed by atoms with Crippen molar-refractivity contribution in [3.63, 3.8) is 0 Å². The van der Waals surface area contributed by atoms with Gasteiger partial charge in [-0.05, 0) is 37.3 Å². The summed E-state index contributed by atoms with van der Waals surface area (Å²) in [4.78, 5) is 37.7. The number of alkyl halides is 3. The first-order valence-electron chi connectivity index (χ1n) is 10.5. The molecule has 0 radical (unpaired) electrons. The van der Waals surface area contributed by atoms with Gasteiger partial charge in [0.15, 0.2) is 11.0 Å². The fourth-order valence-electron chi connectivity index (χ4n) is 3.67. The fraction of sp³-hybridized carbons (Fsp3) is 0.115. The summed E-state index contributed by atoms with van der Waals surface area (Å²) in [6, 6.07) is 15.8. The highest BCUT2D eigenvalue weighted by Gasteiger charge is 2.31. The molecule has 0 aliphatic heterocycles. The van der Waals surface area contributed by atoms with Crippen molar-refractivity contribution in [2.24, 2.45) is 0 Å². The maximum absolute atomic E-state index is 13.3. The Bertz CT molecular complexity index is 1510. The van der Waals surface area contributed by atoms with Gasteiger partial charge in [0.05, 0.1) is 27.9 Å². The monoisotopic (exact) mass is 480 g/mol. The molecule has 35 heavy (non-hydrogen) atoms. The molecule has 0 aliphatic carbocycles.